The van der Waals surface area contributed by atoms with Crippen molar-refractivity contribution in [3.8, 4) is 5.75 Å². The molecule has 1 aromatic heterocycles. The first-order chi connectivity index (χ1) is 16.3. The predicted molar refractivity (Wildman–Crippen MR) is 131 cm³/mol. The van der Waals surface area contributed by atoms with Crippen LogP contribution >= 0.6 is 11.6 Å². The monoisotopic (exact) mass is 477 g/mol. The van der Waals surface area contributed by atoms with Gasteiger partial charge < -0.3 is 14.1 Å². The Morgan fingerprint density at radius 1 is 1.15 bits per heavy atom. The van der Waals surface area contributed by atoms with E-state index < -0.39 is 5.60 Å². The zero-order chi connectivity index (χ0) is 24.0. The minimum atomic E-state index is -0.614. The summed E-state index contributed by atoms with van der Waals surface area (Å²) in [7, 11) is 0. The minimum Gasteiger partial charge on any atom is -0.486 e. The molecule has 0 unspecified atom stereocenters. The lowest BCUT2D eigenvalue weighted by molar-refractivity contribution is -0.129. The van der Waals surface area contributed by atoms with Gasteiger partial charge in [0.2, 0.25) is 5.91 Å². The third kappa shape index (κ3) is 3.82. The molecule has 0 bridgehead atoms. The molecule has 2 aromatic carbocycles. The van der Waals surface area contributed by atoms with Gasteiger partial charge in [-0.1, -0.05) is 23.7 Å². The van der Waals surface area contributed by atoms with E-state index in [1.807, 2.05) is 19.9 Å². The number of carbonyl (C=O) groups excluding carboxylic acids is 2. The Morgan fingerprint density at radius 3 is 2.65 bits per heavy atom. The Labute approximate surface area is 201 Å². The number of carbonyl (C=O) groups is 2. The molecular formula is C27H24ClNO5. The van der Waals surface area contributed by atoms with Crippen LogP contribution in [-0.4, -0.2) is 35.3 Å². The van der Waals surface area contributed by atoms with Crippen LogP contribution in [0.4, 0.5) is 0 Å². The van der Waals surface area contributed by atoms with Crippen LogP contribution in [0.1, 0.15) is 46.3 Å². The number of nitrogens with zero attached hydrogens (tertiary/aromatic N) is 1. The average Bonchev–Trinajstić information content (AvgIpc) is 2.82. The summed E-state index contributed by atoms with van der Waals surface area (Å²) in [6.07, 6.45) is 5.64. The van der Waals surface area contributed by atoms with Crippen LogP contribution in [-0.2, 0) is 4.79 Å². The molecule has 1 amide bonds. The predicted octanol–water partition coefficient (Wildman–Crippen LogP) is 5.10. The Bertz CT molecular complexity index is 1410. The van der Waals surface area contributed by atoms with Crippen LogP contribution in [0.3, 0.4) is 0 Å². The summed E-state index contributed by atoms with van der Waals surface area (Å²) in [5.74, 6) is 0.421. The van der Waals surface area contributed by atoms with Crippen molar-refractivity contribution in [3.05, 3.63) is 80.2 Å². The number of fused-ring (bicyclic) bond motifs is 2. The summed E-state index contributed by atoms with van der Waals surface area (Å²) in [6.45, 7) is 4.67. The quantitative estimate of drug-likeness (QED) is 0.480. The standard InChI is InChI=1S/C27H24ClNO5/c1-16-13-22-24(17(2)25(16)28)20(30)14-27(34-22)9-11-29(12-10-27)23(31)8-7-18-15-33-21-6-4-3-5-19(21)26(18)32/h3-8,13,15H,9-12,14H2,1-2H3/b8-7+. The fraction of sp³-hybridized carbons (Fsp3) is 0.296. The van der Waals surface area contributed by atoms with E-state index in [0.29, 0.717) is 58.8 Å². The second-order valence-electron chi connectivity index (χ2n) is 9.07. The van der Waals surface area contributed by atoms with Crippen molar-refractivity contribution >= 4 is 40.3 Å². The van der Waals surface area contributed by atoms with Crippen molar-refractivity contribution in [1.82, 2.24) is 4.90 Å². The summed E-state index contributed by atoms with van der Waals surface area (Å²) >= 11 is 6.34. The molecule has 0 aliphatic carbocycles. The molecule has 1 spiro atoms. The van der Waals surface area contributed by atoms with Gasteiger partial charge in [0, 0.05) is 37.0 Å². The Kier molecular flexibility index (Phi) is 5.56. The Hall–Kier alpha value is -3.38. The summed E-state index contributed by atoms with van der Waals surface area (Å²) < 4.78 is 11.9. The molecular weight excluding hydrogens is 454 g/mol. The molecule has 174 valence electrons. The number of hydrogen-bond donors (Lipinski definition) is 0. The van der Waals surface area contributed by atoms with Crippen LogP contribution in [0, 0.1) is 13.8 Å². The fourth-order valence-corrected chi connectivity index (χ4v) is 5.04. The average molecular weight is 478 g/mol. The van der Waals surface area contributed by atoms with Gasteiger partial charge in [0.25, 0.3) is 0 Å². The van der Waals surface area contributed by atoms with E-state index in [1.54, 1.807) is 29.2 Å². The lowest BCUT2D eigenvalue weighted by Gasteiger charge is -2.44. The largest absolute Gasteiger partial charge is 0.486 e. The highest BCUT2D eigenvalue weighted by Gasteiger charge is 2.44. The maximum Gasteiger partial charge on any atom is 0.246 e. The van der Waals surface area contributed by atoms with Crippen LogP contribution < -0.4 is 10.2 Å². The molecule has 1 saturated heterocycles. The van der Waals surface area contributed by atoms with Gasteiger partial charge >= 0.3 is 0 Å². The molecule has 0 atom stereocenters. The summed E-state index contributed by atoms with van der Waals surface area (Å²) in [5, 5.41) is 1.07. The van der Waals surface area contributed by atoms with E-state index in [4.69, 9.17) is 20.8 Å². The van der Waals surface area contributed by atoms with Gasteiger partial charge in [-0.05, 0) is 49.2 Å². The first-order valence-electron chi connectivity index (χ1n) is 11.3. The van der Waals surface area contributed by atoms with Crippen LogP contribution in [0.5, 0.6) is 5.75 Å². The van der Waals surface area contributed by atoms with Crippen LogP contribution in [0.25, 0.3) is 17.0 Å². The van der Waals surface area contributed by atoms with Crippen molar-refractivity contribution in [2.75, 3.05) is 13.1 Å². The number of aryl methyl sites for hydroxylation is 1. The highest BCUT2D eigenvalue weighted by atomic mass is 35.5. The molecule has 6 nitrogen and oxygen atoms in total. The van der Waals surface area contributed by atoms with Crippen molar-refractivity contribution in [1.29, 1.82) is 0 Å². The van der Waals surface area contributed by atoms with E-state index in [-0.39, 0.29) is 23.5 Å². The van der Waals surface area contributed by atoms with Gasteiger partial charge in [-0.25, -0.2) is 0 Å². The zero-order valence-corrected chi connectivity index (χ0v) is 19.8. The van der Waals surface area contributed by atoms with E-state index in [2.05, 4.69) is 0 Å². The molecule has 0 saturated carbocycles. The molecule has 2 aliphatic rings. The SMILES string of the molecule is Cc1cc2c(c(C)c1Cl)C(=O)CC1(CCN(C(=O)/C=C/c3coc4ccccc4c3=O)CC1)O2. The number of benzene rings is 2. The van der Waals surface area contributed by atoms with Gasteiger partial charge in [-0.2, -0.15) is 0 Å². The summed E-state index contributed by atoms with van der Waals surface area (Å²) in [4.78, 5) is 40.1. The smallest absolute Gasteiger partial charge is 0.246 e. The third-order valence-electron chi connectivity index (χ3n) is 6.83. The van der Waals surface area contributed by atoms with Gasteiger partial charge in [-0.15, -0.1) is 0 Å². The lowest BCUT2D eigenvalue weighted by atomic mass is 9.81. The summed E-state index contributed by atoms with van der Waals surface area (Å²) in [5.41, 5.74) is 2.23. The molecule has 34 heavy (non-hydrogen) atoms. The van der Waals surface area contributed by atoms with E-state index in [9.17, 15) is 14.4 Å². The molecule has 5 rings (SSSR count). The van der Waals surface area contributed by atoms with Gasteiger partial charge in [-0.3, -0.25) is 14.4 Å². The number of hydrogen-bond acceptors (Lipinski definition) is 5. The fourth-order valence-electron chi connectivity index (χ4n) is 4.89. The molecule has 0 N–H and O–H groups in total. The van der Waals surface area contributed by atoms with Gasteiger partial charge in [0.1, 0.15) is 23.2 Å². The maximum absolute atomic E-state index is 13.0. The van der Waals surface area contributed by atoms with Crippen molar-refractivity contribution in [2.24, 2.45) is 0 Å². The second-order valence-corrected chi connectivity index (χ2v) is 9.44. The van der Waals surface area contributed by atoms with E-state index in [1.165, 1.54) is 18.4 Å². The maximum atomic E-state index is 13.0. The van der Waals surface area contributed by atoms with Crippen LogP contribution in [0.15, 0.2) is 51.9 Å². The molecule has 0 radical (unpaired) electrons. The molecule has 3 heterocycles. The Morgan fingerprint density at radius 2 is 1.88 bits per heavy atom. The van der Waals surface area contributed by atoms with Crippen LogP contribution in [0.2, 0.25) is 5.02 Å². The summed E-state index contributed by atoms with van der Waals surface area (Å²) in [6, 6.07) is 8.83. The number of para-hydroxylation sites is 1. The number of rotatable bonds is 2. The second kappa shape index (κ2) is 8.44. The van der Waals surface area contributed by atoms with E-state index in [0.717, 1.165) is 11.1 Å². The van der Waals surface area contributed by atoms with Crippen molar-refractivity contribution in [3.63, 3.8) is 0 Å². The lowest BCUT2D eigenvalue weighted by Crippen LogP contribution is -2.52. The van der Waals surface area contributed by atoms with Crippen molar-refractivity contribution in [2.45, 2.75) is 38.7 Å². The highest BCUT2D eigenvalue weighted by Crippen LogP contribution is 2.43. The van der Waals surface area contributed by atoms with Crippen molar-refractivity contribution < 1.29 is 18.7 Å². The molecule has 1 fully saturated rings. The number of ketones is 1. The van der Waals surface area contributed by atoms with E-state index >= 15 is 0 Å². The zero-order valence-electron chi connectivity index (χ0n) is 19.0. The van der Waals surface area contributed by atoms with Gasteiger partial charge in [0.15, 0.2) is 11.2 Å². The first kappa shape index (κ1) is 22.4. The normalized spacial score (nSPS) is 17.3. The Balaban J connectivity index is 1.29. The first-order valence-corrected chi connectivity index (χ1v) is 11.7. The number of halogens is 1. The minimum absolute atomic E-state index is 0.0309. The third-order valence-corrected chi connectivity index (χ3v) is 7.41. The molecule has 7 heteroatoms. The van der Waals surface area contributed by atoms with Gasteiger partial charge in [0.05, 0.1) is 22.9 Å². The molecule has 2 aliphatic heterocycles. The molecule has 3 aromatic rings. The number of ether oxygens (including phenoxy) is 1. The number of amides is 1. The number of Topliss-reactive ketones (excluding diaryl/α,β-unsaturated/α-hetero) is 1. The number of likely N-dealkylation sites (tertiary alicyclic amines) is 1. The number of piperidine rings is 1. The highest BCUT2D eigenvalue weighted by molar-refractivity contribution is 6.32. The topological polar surface area (TPSA) is 76.8 Å².